The minimum atomic E-state index is -0.264. The van der Waals surface area contributed by atoms with Gasteiger partial charge in [-0.15, -0.1) is 0 Å². The molecule has 0 aliphatic heterocycles. The van der Waals surface area contributed by atoms with E-state index < -0.39 is 0 Å². The lowest BCUT2D eigenvalue weighted by Crippen LogP contribution is -2.04. The van der Waals surface area contributed by atoms with Crippen molar-refractivity contribution in [1.29, 1.82) is 0 Å². The number of nitrogens with zero attached hydrogens (tertiary/aromatic N) is 2. The summed E-state index contributed by atoms with van der Waals surface area (Å²) in [5.74, 6) is 0.950. The summed E-state index contributed by atoms with van der Waals surface area (Å²) in [6.07, 6.45) is 6.56. The second-order valence-electron chi connectivity index (χ2n) is 2.82. The maximum atomic E-state index is 9.05. The molecule has 1 unspecified atom stereocenters. The van der Waals surface area contributed by atoms with Crippen molar-refractivity contribution < 1.29 is 5.11 Å². The van der Waals surface area contributed by atoms with E-state index in [1.807, 2.05) is 10.8 Å². The highest BCUT2D eigenvalue weighted by molar-refractivity contribution is 5.19. The number of hydrogen-bond acceptors (Lipinski definition) is 2. The van der Waals surface area contributed by atoms with Crippen molar-refractivity contribution >= 4 is 6.20 Å². The summed E-state index contributed by atoms with van der Waals surface area (Å²) in [5.41, 5.74) is 0. The minimum absolute atomic E-state index is 0.264. The Morgan fingerprint density at radius 3 is 3.17 bits per heavy atom. The van der Waals surface area contributed by atoms with Gasteiger partial charge in [0, 0.05) is 25.0 Å². The standard InChI is InChI=1S/C9H14N2O/c1-3-11-7-6-10-9(11)5-4-8(2)12/h3,6-8,12H,1,4-5H2,2H3. The largest absolute Gasteiger partial charge is 0.393 e. The lowest BCUT2D eigenvalue weighted by molar-refractivity contribution is 0.184. The monoisotopic (exact) mass is 166 g/mol. The quantitative estimate of drug-likeness (QED) is 0.732. The third kappa shape index (κ3) is 2.20. The van der Waals surface area contributed by atoms with Gasteiger partial charge in [-0.1, -0.05) is 6.58 Å². The molecule has 1 heterocycles. The van der Waals surface area contributed by atoms with Crippen LogP contribution in [0, 0.1) is 0 Å². The first-order chi connectivity index (χ1) is 5.74. The maximum absolute atomic E-state index is 9.05. The van der Waals surface area contributed by atoms with E-state index in [1.54, 1.807) is 19.3 Å². The molecule has 0 aromatic carbocycles. The summed E-state index contributed by atoms with van der Waals surface area (Å²) in [6.45, 7) is 5.43. The highest BCUT2D eigenvalue weighted by atomic mass is 16.3. The highest BCUT2D eigenvalue weighted by Gasteiger charge is 2.01. The molecule has 3 heteroatoms. The Kier molecular flexibility index (Phi) is 3.05. The van der Waals surface area contributed by atoms with Crippen LogP contribution in [0.1, 0.15) is 19.2 Å². The van der Waals surface area contributed by atoms with Crippen LogP contribution in [-0.4, -0.2) is 20.8 Å². The van der Waals surface area contributed by atoms with Gasteiger partial charge in [0.15, 0.2) is 0 Å². The Morgan fingerprint density at radius 1 is 1.83 bits per heavy atom. The Balaban J connectivity index is 2.56. The van der Waals surface area contributed by atoms with E-state index in [0.29, 0.717) is 0 Å². The number of aryl methyl sites for hydroxylation is 1. The van der Waals surface area contributed by atoms with Crippen molar-refractivity contribution in [2.24, 2.45) is 0 Å². The van der Waals surface area contributed by atoms with Gasteiger partial charge in [0.25, 0.3) is 0 Å². The fraction of sp³-hybridized carbons (Fsp3) is 0.444. The minimum Gasteiger partial charge on any atom is -0.393 e. The normalized spacial score (nSPS) is 12.8. The molecule has 0 fully saturated rings. The number of hydrogen-bond donors (Lipinski definition) is 1. The van der Waals surface area contributed by atoms with Crippen LogP contribution in [0.15, 0.2) is 19.0 Å². The van der Waals surface area contributed by atoms with Gasteiger partial charge < -0.3 is 9.67 Å². The van der Waals surface area contributed by atoms with Crippen LogP contribution in [0.2, 0.25) is 0 Å². The van der Waals surface area contributed by atoms with E-state index >= 15 is 0 Å². The predicted octanol–water partition coefficient (Wildman–Crippen LogP) is 1.30. The molecule has 0 saturated heterocycles. The molecule has 1 aromatic rings. The fourth-order valence-electron chi connectivity index (χ4n) is 1.04. The molecule has 0 radical (unpaired) electrons. The van der Waals surface area contributed by atoms with Crippen molar-refractivity contribution in [2.75, 3.05) is 0 Å². The SMILES string of the molecule is C=Cn1ccnc1CCC(C)O. The zero-order valence-corrected chi connectivity index (χ0v) is 7.27. The lowest BCUT2D eigenvalue weighted by Gasteiger charge is -2.03. The van der Waals surface area contributed by atoms with Crippen LogP contribution >= 0.6 is 0 Å². The Hall–Kier alpha value is -1.09. The Labute approximate surface area is 72.4 Å². The van der Waals surface area contributed by atoms with Crippen molar-refractivity contribution in [3.8, 4) is 0 Å². The second-order valence-corrected chi connectivity index (χ2v) is 2.82. The van der Waals surface area contributed by atoms with E-state index in [2.05, 4.69) is 11.6 Å². The summed E-state index contributed by atoms with van der Waals surface area (Å²) in [7, 11) is 0. The van der Waals surface area contributed by atoms with Crippen molar-refractivity contribution in [2.45, 2.75) is 25.9 Å². The molecular formula is C9H14N2O. The van der Waals surface area contributed by atoms with Crippen molar-refractivity contribution in [1.82, 2.24) is 9.55 Å². The first kappa shape index (κ1) is 9.00. The third-order valence-corrected chi connectivity index (χ3v) is 1.73. The molecule has 1 aromatic heterocycles. The zero-order valence-electron chi connectivity index (χ0n) is 7.27. The van der Waals surface area contributed by atoms with E-state index in [4.69, 9.17) is 5.11 Å². The van der Waals surface area contributed by atoms with E-state index in [1.165, 1.54) is 0 Å². The molecule has 1 N–H and O–H groups in total. The molecule has 0 saturated carbocycles. The topological polar surface area (TPSA) is 38.0 Å². The fourth-order valence-corrected chi connectivity index (χ4v) is 1.04. The number of aliphatic hydroxyl groups is 1. The molecule has 1 rings (SSSR count). The molecule has 0 bridgehead atoms. The van der Waals surface area contributed by atoms with Gasteiger partial charge in [-0.25, -0.2) is 4.98 Å². The molecule has 1 atom stereocenters. The van der Waals surface area contributed by atoms with Crippen LogP contribution < -0.4 is 0 Å². The van der Waals surface area contributed by atoms with Gasteiger partial charge in [-0.2, -0.15) is 0 Å². The average molecular weight is 166 g/mol. The highest BCUT2D eigenvalue weighted by Crippen LogP contribution is 2.03. The van der Waals surface area contributed by atoms with Crippen LogP contribution in [0.25, 0.3) is 6.20 Å². The van der Waals surface area contributed by atoms with Crippen molar-refractivity contribution in [3.63, 3.8) is 0 Å². The molecule has 0 aliphatic rings. The van der Waals surface area contributed by atoms with E-state index in [0.717, 1.165) is 18.7 Å². The second kappa shape index (κ2) is 4.07. The van der Waals surface area contributed by atoms with E-state index in [-0.39, 0.29) is 6.10 Å². The summed E-state index contributed by atoms with van der Waals surface area (Å²) in [5, 5.41) is 9.05. The molecule has 0 aliphatic carbocycles. The van der Waals surface area contributed by atoms with Gasteiger partial charge in [-0.05, 0) is 13.3 Å². The summed E-state index contributed by atoms with van der Waals surface area (Å²) in [4.78, 5) is 4.14. The smallest absolute Gasteiger partial charge is 0.112 e. The molecule has 66 valence electrons. The number of rotatable bonds is 4. The van der Waals surface area contributed by atoms with Gasteiger partial charge >= 0.3 is 0 Å². The zero-order chi connectivity index (χ0) is 8.97. The molecular weight excluding hydrogens is 152 g/mol. The average Bonchev–Trinajstić information content (AvgIpc) is 2.47. The van der Waals surface area contributed by atoms with Crippen LogP contribution in [-0.2, 0) is 6.42 Å². The number of imidazole rings is 1. The molecule has 0 amide bonds. The first-order valence-corrected chi connectivity index (χ1v) is 4.06. The molecule has 12 heavy (non-hydrogen) atoms. The maximum Gasteiger partial charge on any atom is 0.112 e. The summed E-state index contributed by atoms with van der Waals surface area (Å²) < 4.78 is 1.86. The number of aromatic nitrogens is 2. The molecule has 0 spiro atoms. The van der Waals surface area contributed by atoms with E-state index in [9.17, 15) is 0 Å². The van der Waals surface area contributed by atoms with Crippen LogP contribution in [0.5, 0.6) is 0 Å². The summed E-state index contributed by atoms with van der Waals surface area (Å²) in [6, 6.07) is 0. The van der Waals surface area contributed by atoms with Crippen LogP contribution in [0.4, 0.5) is 0 Å². The third-order valence-electron chi connectivity index (χ3n) is 1.73. The van der Waals surface area contributed by atoms with Gasteiger partial charge in [-0.3, -0.25) is 0 Å². The van der Waals surface area contributed by atoms with Crippen molar-refractivity contribution in [3.05, 3.63) is 24.8 Å². The predicted molar refractivity (Wildman–Crippen MR) is 48.6 cm³/mol. The summed E-state index contributed by atoms with van der Waals surface area (Å²) >= 11 is 0. The van der Waals surface area contributed by atoms with Gasteiger partial charge in [0.05, 0.1) is 6.10 Å². The lowest BCUT2D eigenvalue weighted by atomic mass is 10.2. The van der Waals surface area contributed by atoms with Gasteiger partial charge in [0.1, 0.15) is 5.82 Å². The Morgan fingerprint density at radius 2 is 2.58 bits per heavy atom. The molecule has 3 nitrogen and oxygen atoms in total. The Bertz CT molecular complexity index is 253. The van der Waals surface area contributed by atoms with Gasteiger partial charge in [0.2, 0.25) is 0 Å². The number of aliphatic hydroxyl groups excluding tert-OH is 1. The van der Waals surface area contributed by atoms with Crippen LogP contribution in [0.3, 0.4) is 0 Å². The first-order valence-electron chi connectivity index (χ1n) is 4.06.